The van der Waals surface area contributed by atoms with Crippen molar-refractivity contribution < 1.29 is 19.2 Å². The molecule has 0 aliphatic heterocycles. The monoisotopic (exact) mass is 284 g/mol. The first kappa shape index (κ1) is 15.6. The molecule has 1 unspecified atom stereocenters. The maximum Gasteiger partial charge on any atom is 0.408 e. The first-order valence-electron chi connectivity index (χ1n) is 5.75. The van der Waals surface area contributed by atoms with Gasteiger partial charge >= 0.3 is 11.9 Å². The number of alkyl carbamates (subject to hydrolysis) is 1. The molecule has 0 aliphatic rings. The molecule has 0 saturated carbocycles. The molecule has 0 spiro atoms. The highest BCUT2D eigenvalue weighted by atomic mass is 16.6. The van der Waals surface area contributed by atoms with Crippen molar-refractivity contribution in [2.24, 2.45) is 0 Å². The number of ether oxygens (including phenoxy) is 1. The van der Waals surface area contributed by atoms with E-state index in [1.54, 1.807) is 20.8 Å². The number of rotatable bonds is 4. The fourth-order valence-corrected chi connectivity index (χ4v) is 1.34. The summed E-state index contributed by atoms with van der Waals surface area (Å²) in [5, 5.41) is 18.7. The molecule has 0 radical (unpaired) electrons. The molecular formula is C11H16N4O5. The van der Waals surface area contributed by atoms with Gasteiger partial charge in [-0.1, -0.05) is 5.10 Å². The van der Waals surface area contributed by atoms with Crippen molar-refractivity contribution in [2.45, 2.75) is 38.8 Å². The summed E-state index contributed by atoms with van der Waals surface area (Å²) in [5.41, 5.74) is -2.23. The topological polar surface area (TPSA) is 127 Å². The van der Waals surface area contributed by atoms with Gasteiger partial charge in [0.15, 0.2) is 6.29 Å². The van der Waals surface area contributed by atoms with E-state index in [9.17, 15) is 19.7 Å². The zero-order valence-electron chi connectivity index (χ0n) is 11.6. The Balaban J connectivity index is 2.93. The van der Waals surface area contributed by atoms with Crippen LogP contribution in [-0.4, -0.2) is 33.1 Å². The van der Waals surface area contributed by atoms with Gasteiger partial charge in [-0.2, -0.15) is 0 Å². The van der Waals surface area contributed by atoms with Crippen molar-refractivity contribution >= 4 is 18.2 Å². The lowest BCUT2D eigenvalue weighted by Crippen LogP contribution is -2.47. The average Bonchev–Trinajstić information content (AvgIpc) is 2.75. The third-order valence-electron chi connectivity index (χ3n) is 2.29. The molecule has 20 heavy (non-hydrogen) atoms. The quantitative estimate of drug-likeness (QED) is 0.486. The number of nitrogens with one attached hydrogen (secondary N) is 2. The van der Waals surface area contributed by atoms with Crippen molar-refractivity contribution in [1.29, 1.82) is 0 Å². The maximum absolute atomic E-state index is 11.7. The van der Waals surface area contributed by atoms with Crippen molar-refractivity contribution in [3.05, 3.63) is 21.9 Å². The highest BCUT2D eigenvalue weighted by Crippen LogP contribution is 2.20. The Morgan fingerprint density at radius 2 is 2.10 bits per heavy atom. The lowest BCUT2D eigenvalue weighted by Gasteiger charge is -2.25. The minimum Gasteiger partial charge on any atom is -0.444 e. The van der Waals surface area contributed by atoms with E-state index in [0.29, 0.717) is 6.29 Å². The van der Waals surface area contributed by atoms with Gasteiger partial charge in [0.2, 0.25) is 0 Å². The van der Waals surface area contributed by atoms with Crippen LogP contribution in [-0.2, 0) is 15.1 Å². The standard InChI is InChI=1S/C11H16N4O5/c1-10(2,3)20-9(17)12-11(4,6-16)7-5-8(14-13-7)15(18)19/h5-6H,1-4H3,(H,12,17)(H,13,14). The van der Waals surface area contributed by atoms with Crippen molar-refractivity contribution in [3.63, 3.8) is 0 Å². The van der Waals surface area contributed by atoms with E-state index < -0.39 is 22.2 Å². The van der Waals surface area contributed by atoms with Crippen LogP contribution in [0, 0.1) is 10.1 Å². The number of hydrogen-bond acceptors (Lipinski definition) is 6. The predicted octanol–water partition coefficient (Wildman–Crippen LogP) is 1.26. The zero-order valence-corrected chi connectivity index (χ0v) is 11.6. The number of carbonyl (C=O) groups is 2. The smallest absolute Gasteiger partial charge is 0.408 e. The van der Waals surface area contributed by atoms with Crippen LogP contribution in [0.25, 0.3) is 0 Å². The third kappa shape index (κ3) is 3.77. The molecule has 2 N–H and O–H groups in total. The van der Waals surface area contributed by atoms with Gasteiger partial charge < -0.3 is 25.0 Å². The predicted molar refractivity (Wildman–Crippen MR) is 68.0 cm³/mol. The Morgan fingerprint density at radius 3 is 2.50 bits per heavy atom. The average molecular weight is 284 g/mol. The van der Waals surface area contributed by atoms with Crippen LogP contribution in [0.15, 0.2) is 6.07 Å². The van der Waals surface area contributed by atoms with Gasteiger partial charge in [0.25, 0.3) is 0 Å². The van der Waals surface area contributed by atoms with Crippen LogP contribution in [0.1, 0.15) is 33.4 Å². The van der Waals surface area contributed by atoms with Crippen molar-refractivity contribution in [3.8, 4) is 0 Å². The Morgan fingerprint density at radius 1 is 1.50 bits per heavy atom. The number of hydrogen-bond donors (Lipinski definition) is 2. The molecule has 0 saturated heterocycles. The van der Waals surface area contributed by atoms with E-state index in [-0.39, 0.29) is 11.5 Å². The molecule has 1 heterocycles. The fourth-order valence-electron chi connectivity index (χ4n) is 1.34. The summed E-state index contributed by atoms with van der Waals surface area (Å²) in [6.07, 6.45) is -0.394. The molecule has 1 amide bonds. The second-order valence-corrected chi connectivity index (χ2v) is 5.34. The third-order valence-corrected chi connectivity index (χ3v) is 2.29. The Labute approximate surface area is 114 Å². The Hall–Kier alpha value is -2.45. The molecule has 0 aliphatic carbocycles. The number of nitro groups is 1. The second kappa shape index (κ2) is 5.27. The summed E-state index contributed by atoms with van der Waals surface area (Å²) >= 11 is 0. The lowest BCUT2D eigenvalue weighted by atomic mass is 10.0. The van der Waals surface area contributed by atoms with Gasteiger partial charge in [-0.05, 0) is 32.6 Å². The minimum atomic E-state index is -1.52. The largest absolute Gasteiger partial charge is 0.444 e. The van der Waals surface area contributed by atoms with Gasteiger partial charge in [0.05, 0.1) is 6.07 Å². The molecule has 1 aromatic heterocycles. The van der Waals surface area contributed by atoms with Crippen LogP contribution in [0.2, 0.25) is 0 Å². The Kier molecular flexibility index (Phi) is 4.11. The number of amides is 1. The van der Waals surface area contributed by atoms with E-state index in [0.717, 1.165) is 6.07 Å². The molecule has 110 valence electrons. The number of carbonyl (C=O) groups excluding carboxylic acids is 2. The highest BCUT2D eigenvalue weighted by Gasteiger charge is 2.34. The van der Waals surface area contributed by atoms with Crippen LogP contribution in [0.4, 0.5) is 10.6 Å². The SMILES string of the molecule is CC(C)(C)OC(=O)NC(C)(C=O)c1cc([N+](=O)[O-])[nH]n1. The number of aldehydes is 1. The second-order valence-electron chi connectivity index (χ2n) is 5.34. The molecule has 1 aromatic rings. The van der Waals surface area contributed by atoms with Gasteiger partial charge in [0.1, 0.15) is 16.8 Å². The molecule has 0 aromatic carbocycles. The van der Waals surface area contributed by atoms with E-state index in [2.05, 4.69) is 15.5 Å². The zero-order chi connectivity index (χ0) is 15.6. The van der Waals surface area contributed by atoms with E-state index >= 15 is 0 Å². The molecular weight excluding hydrogens is 268 g/mol. The summed E-state index contributed by atoms with van der Waals surface area (Å²) < 4.78 is 5.03. The van der Waals surface area contributed by atoms with Crippen LogP contribution in [0.3, 0.4) is 0 Å². The summed E-state index contributed by atoms with van der Waals surface area (Å²) in [6, 6.07) is 1.08. The number of aromatic amines is 1. The normalized spacial score (nSPS) is 14.2. The summed E-state index contributed by atoms with van der Waals surface area (Å²) in [7, 11) is 0. The van der Waals surface area contributed by atoms with E-state index in [1.807, 2.05) is 0 Å². The molecule has 9 heteroatoms. The molecule has 9 nitrogen and oxygen atoms in total. The molecule has 1 atom stereocenters. The number of H-pyrrole nitrogens is 1. The number of nitrogens with zero attached hydrogens (tertiary/aromatic N) is 2. The van der Waals surface area contributed by atoms with Gasteiger partial charge in [-0.3, -0.25) is 0 Å². The Bertz CT molecular complexity index is 533. The molecule has 0 bridgehead atoms. The highest BCUT2D eigenvalue weighted by molar-refractivity contribution is 5.77. The first-order chi connectivity index (χ1) is 9.07. The molecule has 1 rings (SSSR count). The first-order valence-corrected chi connectivity index (χ1v) is 5.75. The maximum atomic E-state index is 11.7. The van der Waals surface area contributed by atoms with E-state index in [1.165, 1.54) is 6.92 Å². The van der Waals surface area contributed by atoms with E-state index in [4.69, 9.17) is 4.74 Å². The minimum absolute atomic E-state index is 0.0186. The van der Waals surface area contributed by atoms with Crippen LogP contribution >= 0.6 is 0 Å². The summed E-state index contributed by atoms with van der Waals surface area (Å²) in [5.74, 6) is -0.376. The summed E-state index contributed by atoms with van der Waals surface area (Å²) in [4.78, 5) is 32.8. The van der Waals surface area contributed by atoms with Crippen LogP contribution in [0.5, 0.6) is 0 Å². The van der Waals surface area contributed by atoms with Gasteiger partial charge in [0, 0.05) is 0 Å². The van der Waals surface area contributed by atoms with Crippen molar-refractivity contribution in [2.75, 3.05) is 0 Å². The molecule has 0 fully saturated rings. The number of aromatic nitrogens is 2. The van der Waals surface area contributed by atoms with Gasteiger partial charge in [-0.15, -0.1) is 5.10 Å². The fraction of sp³-hybridized carbons (Fsp3) is 0.545. The van der Waals surface area contributed by atoms with Crippen LogP contribution < -0.4 is 5.32 Å². The van der Waals surface area contributed by atoms with Crippen molar-refractivity contribution in [1.82, 2.24) is 15.5 Å². The lowest BCUT2D eigenvalue weighted by molar-refractivity contribution is -0.389. The van der Waals surface area contributed by atoms with Gasteiger partial charge in [-0.25, -0.2) is 4.79 Å². The summed E-state index contributed by atoms with van der Waals surface area (Å²) in [6.45, 7) is 6.38.